The molecule has 0 fully saturated rings. The van der Waals surface area contributed by atoms with E-state index in [4.69, 9.17) is 5.26 Å². The third-order valence-electron chi connectivity index (χ3n) is 2.46. The number of hydrogen-bond donors (Lipinski definition) is 0. The second kappa shape index (κ2) is 5.31. The molecule has 0 spiro atoms. The van der Waals surface area contributed by atoms with Gasteiger partial charge in [-0.1, -0.05) is 26.0 Å². The molecule has 15 heavy (non-hydrogen) atoms. The first kappa shape index (κ1) is 11.5. The fraction of sp³-hybridized carbons (Fsp3) is 0.385. The van der Waals surface area contributed by atoms with Crippen molar-refractivity contribution >= 4 is 6.29 Å². The van der Waals surface area contributed by atoms with Gasteiger partial charge in [-0.25, -0.2) is 0 Å². The number of aldehydes is 1. The smallest absolute Gasteiger partial charge is 0.123 e. The monoisotopic (exact) mass is 201 g/mol. The molecule has 0 heterocycles. The van der Waals surface area contributed by atoms with Crippen LogP contribution in [-0.4, -0.2) is 6.29 Å². The topological polar surface area (TPSA) is 40.9 Å². The number of nitriles is 1. The first-order valence-electron chi connectivity index (χ1n) is 5.18. The van der Waals surface area contributed by atoms with E-state index in [1.807, 2.05) is 32.0 Å². The van der Waals surface area contributed by atoms with Crippen molar-refractivity contribution in [1.82, 2.24) is 0 Å². The van der Waals surface area contributed by atoms with E-state index in [1.54, 1.807) is 0 Å². The third kappa shape index (κ3) is 2.92. The highest BCUT2D eigenvalue weighted by Crippen LogP contribution is 2.14. The number of nitrogens with zero attached hydrogens (tertiary/aromatic N) is 1. The van der Waals surface area contributed by atoms with Crippen molar-refractivity contribution in [1.29, 1.82) is 5.26 Å². The molecule has 0 saturated carbocycles. The van der Waals surface area contributed by atoms with Crippen molar-refractivity contribution in [2.75, 3.05) is 0 Å². The maximum Gasteiger partial charge on any atom is 0.123 e. The lowest BCUT2D eigenvalue weighted by Gasteiger charge is -2.07. The maximum absolute atomic E-state index is 10.5. The van der Waals surface area contributed by atoms with Crippen LogP contribution in [0.15, 0.2) is 18.2 Å². The number of rotatable bonds is 4. The summed E-state index contributed by atoms with van der Waals surface area (Å²) in [6.45, 7) is 3.93. The SMILES string of the molecule is CCc1cc(CC(C)C=O)ccc1C#N. The van der Waals surface area contributed by atoms with Gasteiger partial charge < -0.3 is 4.79 Å². The van der Waals surface area contributed by atoms with Crippen LogP contribution in [-0.2, 0) is 17.6 Å². The van der Waals surface area contributed by atoms with Crippen molar-refractivity contribution in [3.8, 4) is 6.07 Å². The second-order valence-corrected chi connectivity index (χ2v) is 3.77. The van der Waals surface area contributed by atoms with Crippen molar-refractivity contribution in [3.05, 3.63) is 34.9 Å². The number of aryl methyl sites for hydroxylation is 1. The molecule has 0 aromatic heterocycles. The Hall–Kier alpha value is -1.62. The molecule has 1 atom stereocenters. The van der Waals surface area contributed by atoms with Gasteiger partial charge >= 0.3 is 0 Å². The zero-order valence-electron chi connectivity index (χ0n) is 9.16. The van der Waals surface area contributed by atoms with Gasteiger partial charge in [0.15, 0.2) is 0 Å². The van der Waals surface area contributed by atoms with E-state index in [1.165, 1.54) is 0 Å². The van der Waals surface area contributed by atoms with E-state index >= 15 is 0 Å². The molecular formula is C13H15NO. The highest BCUT2D eigenvalue weighted by Gasteiger charge is 2.05. The number of hydrogen-bond acceptors (Lipinski definition) is 2. The maximum atomic E-state index is 10.5. The lowest BCUT2D eigenvalue weighted by atomic mass is 9.97. The van der Waals surface area contributed by atoms with Crippen molar-refractivity contribution in [2.24, 2.45) is 5.92 Å². The van der Waals surface area contributed by atoms with Crippen molar-refractivity contribution in [3.63, 3.8) is 0 Å². The van der Waals surface area contributed by atoms with Gasteiger partial charge in [-0.05, 0) is 30.0 Å². The Labute approximate surface area is 90.5 Å². The molecule has 0 aliphatic carbocycles. The first-order valence-corrected chi connectivity index (χ1v) is 5.18. The molecule has 1 unspecified atom stereocenters. The second-order valence-electron chi connectivity index (χ2n) is 3.77. The Balaban J connectivity index is 2.94. The van der Waals surface area contributed by atoms with Gasteiger partial charge in [0.1, 0.15) is 6.29 Å². The summed E-state index contributed by atoms with van der Waals surface area (Å²) < 4.78 is 0. The van der Waals surface area contributed by atoms with E-state index in [-0.39, 0.29) is 5.92 Å². The zero-order valence-corrected chi connectivity index (χ0v) is 9.16. The number of carbonyl (C=O) groups is 1. The Kier molecular flexibility index (Phi) is 4.05. The molecule has 2 nitrogen and oxygen atoms in total. The fourth-order valence-electron chi connectivity index (χ4n) is 1.60. The zero-order chi connectivity index (χ0) is 11.3. The molecule has 0 amide bonds. The summed E-state index contributed by atoms with van der Waals surface area (Å²) in [5.41, 5.74) is 2.93. The fourth-order valence-corrected chi connectivity index (χ4v) is 1.60. The summed E-state index contributed by atoms with van der Waals surface area (Å²) >= 11 is 0. The average molecular weight is 201 g/mol. The predicted octanol–water partition coefficient (Wildman–Crippen LogP) is 2.50. The Morgan fingerprint density at radius 2 is 2.27 bits per heavy atom. The van der Waals surface area contributed by atoms with Gasteiger partial charge in [0, 0.05) is 5.92 Å². The third-order valence-corrected chi connectivity index (χ3v) is 2.46. The van der Waals surface area contributed by atoms with Crippen LogP contribution in [0.4, 0.5) is 0 Å². The van der Waals surface area contributed by atoms with E-state index in [9.17, 15) is 4.79 Å². The van der Waals surface area contributed by atoms with Crippen LogP contribution in [0.5, 0.6) is 0 Å². The highest BCUT2D eigenvalue weighted by molar-refractivity contribution is 5.54. The molecule has 1 aromatic rings. The summed E-state index contributed by atoms with van der Waals surface area (Å²) in [7, 11) is 0. The Morgan fingerprint density at radius 3 is 2.80 bits per heavy atom. The summed E-state index contributed by atoms with van der Waals surface area (Å²) in [4.78, 5) is 10.5. The lowest BCUT2D eigenvalue weighted by Crippen LogP contribution is -2.01. The van der Waals surface area contributed by atoms with E-state index in [0.29, 0.717) is 0 Å². The Bertz CT molecular complexity index is 390. The van der Waals surface area contributed by atoms with Gasteiger partial charge in [0.05, 0.1) is 11.6 Å². The van der Waals surface area contributed by atoms with Gasteiger partial charge in [-0.3, -0.25) is 0 Å². The molecule has 0 radical (unpaired) electrons. The number of carbonyl (C=O) groups excluding carboxylic acids is 1. The summed E-state index contributed by atoms with van der Waals surface area (Å²) in [6.07, 6.45) is 2.57. The molecule has 1 aromatic carbocycles. The first-order chi connectivity index (χ1) is 7.21. The van der Waals surface area contributed by atoms with Crippen LogP contribution in [0, 0.1) is 17.2 Å². The standard InChI is InChI=1S/C13H15NO/c1-3-12-7-11(6-10(2)9-15)4-5-13(12)8-14/h4-5,7,9-10H,3,6H2,1-2H3. The van der Waals surface area contributed by atoms with Crippen LogP contribution in [0.3, 0.4) is 0 Å². The molecule has 78 valence electrons. The Morgan fingerprint density at radius 1 is 1.53 bits per heavy atom. The van der Waals surface area contributed by atoms with E-state index < -0.39 is 0 Å². The summed E-state index contributed by atoms with van der Waals surface area (Å²) in [5, 5.41) is 8.86. The minimum atomic E-state index is 0.0441. The summed E-state index contributed by atoms with van der Waals surface area (Å²) in [5.74, 6) is 0.0441. The van der Waals surface area contributed by atoms with Gasteiger partial charge in [0.2, 0.25) is 0 Å². The molecule has 0 saturated heterocycles. The minimum Gasteiger partial charge on any atom is -0.303 e. The molecule has 2 heteroatoms. The van der Waals surface area contributed by atoms with Crippen LogP contribution in [0.2, 0.25) is 0 Å². The van der Waals surface area contributed by atoms with Gasteiger partial charge in [-0.15, -0.1) is 0 Å². The van der Waals surface area contributed by atoms with Crippen LogP contribution in [0.25, 0.3) is 0 Å². The quantitative estimate of drug-likeness (QED) is 0.702. The minimum absolute atomic E-state index is 0.0441. The molecule has 0 aliphatic rings. The molecule has 1 rings (SSSR count). The highest BCUT2D eigenvalue weighted by atomic mass is 16.1. The molecule has 0 N–H and O–H groups in total. The normalized spacial score (nSPS) is 11.8. The van der Waals surface area contributed by atoms with Gasteiger partial charge in [0.25, 0.3) is 0 Å². The van der Waals surface area contributed by atoms with Crippen LogP contribution in [0.1, 0.15) is 30.5 Å². The number of benzene rings is 1. The van der Waals surface area contributed by atoms with E-state index in [2.05, 4.69) is 6.07 Å². The molecule has 0 aliphatic heterocycles. The van der Waals surface area contributed by atoms with Crippen molar-refractivity contribution < 1.29 is 4.79 Å². The largest absolute Gasteiger partial charge is 0.303 e. The van der Waals surface area contributed by atoms with Crippen molar-refractivity contribution in [2.45, 2.75) is 26.7 Å². The predicted molar refractivity (Wildman–Crippen MR) is 59.5 cm³/mol. The lowest BCUT2D eigenvalue weighted by molar-refractivity contribution is -0.110. The van der Waals surface area contributed by atoms with Gasteiger partial charge in [-0.2, -0.15) is 5.26 Å². The summed E-state index contributed by atoms with van der Waals surface area (Å²) in [6, 6.07) is 7.97. The molecular weight excluding hydrogens is 186 g/mol. The average Bonchev–Trinajstić information content (AvgIpc) is 2.28. The van der Waals surface area contributed by atoms with Crippen LogP contribution >= 0.6 is 0 Å². The van der Waals surface area contributed by atoms with E-state index in [0.717, 1.165) is 35.8 Å². The van der Waals surface area contributed by atoms with Crippen LogP contribution < -0.4 is 0 Å². The molecule has 0 bridgehead atoms.